The number of carbonyl (C=O) groups is 3. The average Bonchev–Trinajstić information content (AvgIpc) is 3.24. The molecule has 0 aliphatic heterocycles. The van der Waals surface area contributed by atoms with E-state index in [1.807, 2.05) is 0 Å². The molecule has 0 heterocycles. The van der Waals surface area contributed by atoms with Gasteiger partial charge >= 0.3 is 17.9 Å². The Bertz CT molecular complexity index is 889. The lowest BCUT2D eigenvalue weighted by Crippen LogP contribution is -2.30. The number of hydrogen-bond donors (Lipinski definition) is 0. The van der Waals surface area contributed by atoms with Crippen LogP contribution in [0.15, 0.2) is 0 Å². The standard InChI is InChI=1S/C54H104O6/c1-4-7-10-13-16-19-22-24-26-27-28-30-33-36-39-42-45-48-54(57)60-51(49-58-52(55)46-43-40-37-34-31-21-18-15-12-9-6-3)50-59-53(56)47-44-41-38-35-32-29-25-23-20-17-14-11-8-5-2/h51H,4-50H2,1-3H3/t51-/m1/s1. The van der Waals surface area contributed by atoms with Crippen LogP contribution in [0.2, 0.25) is 0 Å². The van der Waals surface area contributed by atoms with Crippen molar-refractivity contribution in [3.05, 3.63) is 0 Å². The van der Waals surface area contributed by atoms with E-state index in [4.69, 9.17) is 14.2 Å². The lowest BCUT2D eigenvalue weighted by molar-refractivity contribution is -0.167. The molecule has 0 aromatic heterocycles. The Labute approximate surface area is 374 Å². The zero-order chi connectivity index (χ0) is 43.7. The predicted molar refractivity (Wildman–Crippen MR) is 257 cm³/mol. The summed E-state index contributed by atoms with van der Waals surface area (Å²) in [4.78, 5) is 38.0. The SMILES string of the molecule is CCCCCCCCCCCCCCCCCCCC(=O)O[C@H](COC(=O)CCCCCCCCCCCCC)COC(=O)CCCCCCCCCCCCCCCC. The van der Waals surface area contributed by atoms with Crippen LogP contribution in [-0.2, 0) is 28.6 Å². The van der Waals surface area contributed by atoms with Crippen LogP contribution < -0.4 is 0 Å². The highest BCUT2D eigenvalue weighted by Gasteiger charge is 2.19. The minimum atomic E-state index is -0.759. The van der Waals surface area contributed by atoms with Crippen molar-refractivity contribution in [2.75, 3.05) is 13.2 Å². The van der Waals surface area contributed by atoms with Crippen molar-refractivity contribution >= 4 is 17.9 Å². The number of rotatable bonds is 50. The van der Waals surface area contributed by atoms with Crippen LogP contribution in [0.3, 0.4) is 0 Å². The Morgan fingerprint density at radius 3 is 0.667 bits per heavy atom. The van der Waals surface area contributed by atoms with Gasteiger partial charge in [-0.05, 0) is 19.3 Å². The summed E-state index contributed by atoms with van der Waals surface area (Å²) < 4.78 is 16.8. The number of carbonyl (C=O) groups excluding carboxylic acids is 3. The molecule has 0 radical (unpaired) electrons. The highest BCUT2D eigenvalue weighted by Crippen LogP contribution is 2.17. The second-order valence-corrected chi connectivity index (χ2v) is 18.5. The van der Waals surface area contributed by atoms with Crippen molar-refractivity contribution in [3.8, 4) is 0 Å². The first-order chi connectivity index (χ1) is 29.5. The quantitative estimate of drug-likeness (QED) is 0.0345. The van der Waals surface area contributed by atoms with Gasteiger partial charge in [-0.15, -0.1) is 0 Å². The molecule has 6 nitrogen and oxygen atoms in total. The van der Waals surface area contributed by atoms with Gasteiger partial charge in [-0.1, -0.05) is 271 Å². The van der Waals surface area contributed by atoms with Crippen LogP contribution in [0.5, 0.6) is 0 Å². The third kappa shape index (κ3) is 47.5. The van der Waals surface area contributed by atoms with Crippen molar-refractivity contribution < 1.29 is 28.6 Å². The van der Waals surface area contributed by atoms with Crippen LogP contribution in [0.4, 0.5) is 0 Å². The molecule has 1 atom stereocenters. The maximum absolute atomic E-state index is 12.8. The van der Waals surface area contributed by atoms with E-state index in [0.717, 1.165) is 57.8 Å². The maximum Gasteiger partial charge on any atom is 0.306 e. The van der Waals surface area contributed by atoms with Crippen LogP contribution >= 0.6 is 0 Å². The molecule has 0 aromatic carbocycles. The number of ether oxygens (including phenoxy) is 3. The Morgan fingerprint density at radius 2 is 0.450 bits per heavy atom. The number of hydrogen-bond acceptors (Lipinski definition) is 6. The molecule has 6 heteroatoms. The molecule has 60 heavy (non-hydrogen) atoms. The fourth-order valence-electron chi connectivity index (χ4n) is 8.27. The highest BCUT2D eigenvalue weighted by atomic mass is 16.6. The van der Waals surface area contributed by atoms with E-state index in [2.05, 4.69) is 20.8 Å². The van der Waals surface area contributed by atoms with E-state index < -0.39 is 6.10 Å². The first-order valence-electron chi connectivity index (χ1n) is 27.0. The molecule has 0 unspecified atom stereocenters. The van der Waals surface area contributed by atoms with Gasteiger partial charge in [0.05, 0.1) is 0 Å². The van der Waals surface area contributed by atoms with Crippen molar-refractivity contribution in [3.63, 3.8) is 0 Å². The topological polar surface area (TPSA) is 78.9 Å². The Balaban J connectivity index is 4.28. The fraction of sp³-hybridized carbons (Fsp3) is 0.944. The van der Waals surface area contributed by atoms with Crippen molar-refractivity contribution in [1.82, 2.24) is 0 Å². The molecule has 356 valence electrons. The van der Waals surface area contributed by atoms with Crippen molar-refractivity contribution in [2.45, 2.75) is 316 Å². The van der Waals surface area contributed by atoms with Gasteiger partial charge in [0.2, 0.25) is 0 Å². The van der Waals surface area contributed by atoms with Crippen LogP contribution in [0.25, 0.3) is 0 Å². The molecule has 0 aliphatic rings. The Hall–Kier alpha value is -1.59. The molecule has 0 rings (SSSR count). The molecule has 0 saturated heterocycles. The molecule has 0 spiro atoms. The fourth-order valence-corrected chi connectivity index (χ4v) is 8.27. The molecular formula is C54H104O6. The maximum atomic E-state index is 12.8. The zero-order valence-electron chi connectivity index (χ0n) is 40.8. The minimum absolute atomic E-state index is 0.0616. The Kier molecular flexibility index (Phi) is 48.7. The van der Waals surface area contributed by atoms with Crippen LogP contribution in [-0.4, -0.2) is 37.2 Å². The summed E-state index contributed by atoms with van der Waals surface area (Å²) in [5.41, 5.74) is 0. The van der Waals surface area contributed by atoms with E-state index in [-0.39, 0.29) is 31.1 Å². The van der Waals surface area contributed by atoms with Crippen molar-refractivity contribution in [2.24, 2.45) is 0 Å². The van der Waals surface area contributed by atoms with E-state index >= 15 is 0 Å². The zero-order valence-corrected chi connectivity index (χ0v) is 40.8. The van der Waals surface area contributed by atoms with Gasteiger partial charge in [0.15, 0.2) is 6.10 Å². The lowest BCUT2D eigenvalue weighted by atomic mass is 10.0. The first kappa shape index (κ1) is 58.4. The molecule has 0 aromatic rings. The van der Waals surface area contributed by atoms with Gasteiger partial charge in [0, 0.05) is 19.3 Å². The molecule has 0 N–H and O–H groups in total. The normalized spacial score (nSPS) is 11.8. The molecular weight excluding hydrogens is 745 g/mol. The summed E-state index contributed by atoms with van der Waals surface area (Å²) in [5.74, 6) is -0.838. The van der Waals surface area contributed by atoms with E-state index in [0.29, 0.717) is 19.3 Å². The lowest BCUT2D eigenvalue weighted by Gasteiger charge is -2.18. The summed E-state index contributed by atoms with van der Waals surface area (Å²) in [5, 5.41) is 0. The summed E-state index contributed by atoms with van der Waals surface area (Å²) in [6, 6.07) is 0. The molecule has 0 fully saturated rings. The predicted octanol–water partition coefficient (Wildman–Crippen LogP) is 17.6. The van der Waals surface area contributed by atoms with Gasteiger partial charge in [-0.3, -0.25) is 14.4 Å². The third-order valence-electron chi connectivity index (χ3n) is 12.4. The van der Waals surface area contributed by atoms with Gasteiger partial charge in [-0.25, -0.2) is 0 Å². The Morgan fingerprint density at radius 1 is 0.267 bits per heavy atom. The summed E-state index contributed by atoms with van der Waals surface area (Å²) in [6.45, 7) is 6.68. The van der Waals surface area contributed by atoms with E-state index in [1.165, 1.54) is 212 Å². The largest absolute Gasteiger partial charge is 0.462 e. The van der Waals surface area contributed by atoms with Gasteiger partial charge in [0.25, 0.3) is 0 Å². The van der Waals surface area contributed by atoms with Crippen LogP contribution in [0, 0.1) is 0 Å². The molecule has 0 aliphatic carbocycles. The summed E-state index contributed by atoms with van der Waals surface area (Å²) in [7, 11) is 0. The number of unbranched alkanes of at least 4 members (excludes halogenated alkanes) is 39. The average molecular weight is 849 g/mol. The molecule has 0 saturated carbocycles. The first-order valence-corrected chi connectivity index (χ1v) is 27.0. The number of esters is 3. The third-order valence-corrected chi connectivity index (χ3v) is 12.4. The second kappa shape index (κ2) is 50.1. The summed E-state index contributed by atoms with van der Waals surface area (Å²) >= 11 is 0. The minimum Gasteiger partial charge on any atom is -0.462 e. The molecule has 0 bridgehead atoms. The molecule has 0 amide bonds. The second-order valence-electron chi connectivity index (χ2n) is 18.5. The monoisotopic (exact) mass is 849 g/mol. The van der Waals surface area contributed by atoms with Crippen molar-refractivity contribution in [1.29, 1.82) is 0 Å². The summed E-state index contributed by atoms with van der Waals surface area (Å²) in [6.07, 6.45) is 53.7. The van der Waals surface area contributed by atoms with Gasteiger partial charge in [-0.2, -0.15) is 0 Å². The van der Waals surface area contributed by atoms with E-state index in [1.54, 1.807) is 0 Å². The highest BCUT2D eigenvalue weighted by molar-refractivity contribution is 5.71. The smallest absolute Gasteiger partial charge is 0.306 e. The van der Waals surface area contributed by atoms with Gasteiger partial charge < -0.3 is 14.2 Å². The van der Waals surface area contributed by atoms with Crippen LogP contribution in [0.1, 0.15) is 310 Å². The van der Waals surface area contributed by atoms with E-state index in [9.17, 15) is 14.4 Å². The van der Waals surface area contributed by atoms with Gasteiger partial charge in [0.1, 0.15) is 13.2 Å².